The van der Waals surface area contributed by atoms with Crippen LogP contribution in [0.25, 0.3) is 0 Å². The molecule has 1 saturated heterocycles. The summed E-state index contributed by atoms with van der Waals surface area (Å²) in [4.78, 5) is 29.5. The number of fused-ring (bicyclic) bond motifs is 8. The van der Waals surface area contributed by atoms with Crippen molar-refractivity contribution in [2.24, 2.45) is 0 Å². The Balaban J connectivity index is 1.76. The lowest BCUT2D eigenvalue weighted by Crippen LogP contribution is -2.65. The molecule has 0 bridgehead atoms. The van der Waals surface area contributed by atoms with Crippen LogP contribution < -0.4 is 20.2 Å². The van der Waals surface area contributed by atoms with Gasteiger partial charge < -0.3 is 19.6 Å². The molecule has 0 amide bonds. The molecule has 3 aliphatic heterocycles. The Bertz CT molecular complexity index is 1380. The maximum absolute atomic E-state index is 13.3. The minimum Gasteiger partial charge on any atom is -0.478 e. The van der Waals surface area contributed by atoms with Crippen LogP contribution in [0.1, 0.15) is 50.2 Å². The van der Waals surface area contributed by atoms with Crippen molar-refractivity contribution < 1.29 is 19.4 Å². The third-order valence-corrected chi connectivity index (χ3v) is 13.7. The van der Waals surface area contributed by atoms with Crippen molar-refractivity contribution >= 4 is 41.8 Å². The standard InChI is InChI=1S/C29H30N2O4Si/c1-30(2)19-8-11-22-25(16-19)36(13-5-6-14-36)26-17-20(31(3)4)9-12-23(26)29(22)24-15-18(27(32)33)7-10-21(24)28(34)35-29/h7-12,15-17H,5-6,13-14H2,1-4H3,(H,32,33). The smallest absolute Gasteiger partial charge is 0.340 e. The highest BCUT2D eigenvalue weighted by molar-refractivity contribution is 7.03. The Hall–Kier alpha value is -3.58. The first kappa shape index (κ1) is 22.9. The first-order chi connectivity index (χ1) is 17.2. The Morgan fingerprint density at radius 2 is 1.39 bits per heavy atom. The fraction of sp³-hybridized carbons (Fsp3) is 0.310. The number of anilines is 2. The minimum atomic E-state index is -2.15. The molecule has 3 aromatic carbocycles. The van der Waals surface area contributed by atoms with E-state index in [0.717, 1.165) is 34.6 Å². The number of aromatic carboxylic acids is 1. The summed E-state index contributed by atoms with van der Waals surface area (Å²) in [5.41, 5.74) is 4.32. The van der Waals surface area contributed by atoms with Crippen LogP contribution >= 0.6 is 0 Å². The highest BCUT2D eigenvalue weighted by Crippen LogP contribution is 2.51. The molecule has 0 unspecified atom stereocenters. The van der Waals surface area contributed by atoms with Gasteiger partial charge in [0.05, 0.1) is 11.1 Å². The normalized spacial score (nSPS) is 17.9. The summed E-state index contributed by atoms with van der Waals surface area (Å²) in [6, 6.07) is 20.1. The van der Waals surface area contributed by atoms with Crippen molar-refractivity contribution in [2.75, 3.05) is 38.0 Å². The molecule has 0 radical (unpaired) electrons. The lowest BCUT2D eigenvalue weighted by molar-refractivity contribution is 0.0255. The minimum absolute atomic E-state index is 0.155. The fourth-order valence-corrected chi connectivity index (χ4v) is 12.4. The number of carboxylic acid groups (broad SMARTS) is 1. The van der Waals surface area contributed by atoms with E-state index >= 15 is 0 Å². The zero-order valence-corrected chi connectivity index (χ0v) is 22.1. The van der Waals surface area contributed by atoms with Crippen molar-refractivity contribution in [3.63, 3.8) is 0 Å². The first-order valence-corrected chi connectivity index (χ1v) is 14.9. The summed E-state index contributed by atoms with van der Waals surface area (Å²) in [6.07, 6.45) is 2.38. The molecule has 3 aliphatic rings. The molecule has 6 rings (SSSR count). The monoisotopic (exact) mass is 498 g/mol. The molecule has 1 N–H and O–H groups in total. The maximum Gasteiger partial charge on any atom is 0.340 e. The van der Waals surface area contributed by atoms with Gasteiger partial charge in [-0.15, -0.1) is 0 Å². The zero-order chi connectivity index (χ0) is 25.4. The molecular weight excluding hydrogens is 468 g/mol. The molecule has 2 spiro atoms. The van der Waals surface area contributed by atoms with Crippen LogP contribution in [0, 0.1) is 0 Å². The lowest BCUT2D eigenvalue weighted by atomic mass is 9.78. The molecule has 0 saturated carbocycles. The number of carboxylic acids is 1. The molecule has 3 aromatic rings. The van der Waals surface area contributed by atoms with Gasteiger partial charge in [0.15, 0.2) is 5.60 Å². The van der Waals surface area contributed by atoms with Gasteiger partial charge in [-0.2, -0.15) is 0 Å². The van der Waals surface area contributed by atoms with Gasteiger partial charge in [-0.25, -0.2) is 9.59 Å². The predicted molar refractivity (Wildman–Crippen MR) is 144 cm³/mol. The lowest BCUT2D eigenvalue weighted by Gasteiger charge is -2.45. The summed E-state index contributed by atoms with van der Waals surface area (Å²) >= 11 is 0. The SMILES string of the molecule is CN(C)c1ccc2c(c1)[Si]1(CCCC1)c1cc(N(C)C)ccc1C21OC(=O)c2ccc(C(=O)O)cc21. The van der Waals surface area contributed by atoms with E-state index in [9.17, 15) is 14.7 Å². The van der Waals surface area contributed by atoms with Gasteiger partial charge in [-0.05, 0) is 64.9 Å². The van der Waals surface area contributed by atoms with Gasteiger partial charge in [0.25, 0.3) is 0 Å². The van der Waals surface area contributed by atoms with Gasteiger partial charge in [-0.1, -0.05) is 25.0 Å². The predicted octanol–water partition coefficient (Wildman–Crippen LogP) is 3.65. The van der Waals surface area contributed by atoms with Gasteiger partial charge in [0.2, 0.25) is 0 Å². The second kappa shape index (κ2) is 7.71. The second-order valence-electron chi connectivity index (χ2n) is 10.7. The largest absolute Gasteiger partial charge is 0.478 e. The van der Waals surface area contributed by atoms with Gasteiger partial charge in [0, 0.05) is 56.3 Å². The summed E-state index contributed by atoms with van der Waals surface area (Å²) in [5, 5.41) is 12.4. The van der Waals surface area contributed by atoms with Crippen molar-refractivity contribution in [1.82, 2.24) is 0 Å². The van der Waals surface area contributed by atoms with Crippen LogP contribution in [0.3, 0.4) is 0 Å². The number of carbonyl (C=O) groups is 2. The van der Waals surface area contributed by atoms with Crippen molar-refractivity contribution in [3.8, 4) is 0 Å². The Kier molecular flexibility index (Phi) is 4.89. The van der Waals surface area contributed by atoms with E-state index in [1.165, 1.54) is 29.3 Å². The van der Waals surface area contributed by atoms with Crippen LogP contribution in [-0.4, -0.2) is 53.3 Å². The number of ether oxygens (including phenoxy) is 1. The van der Waals surface area contributed by atoms with E-state index in [2.05, 4.69) is 46.2 Å². The molecule has 0 atom stereocenters. The Morgan fingerprint density at radius 1 is 0.833 bits per heavy atom. The Morgan fingerprint density at radius 3 is 1.89 bits per heavy atom. The van der Waals surface area contributed by atoms with Crippen molar-refractivity contribution in [2.45, 2.75) is 30.5 Å². The third kappa shape index (κ3) is 2.89. The maximum atomic E-state index is 13.3. The van der Waals surface area contributed by atoms with Crippen LogP contribution in [-0.2, 0) is 10.3 Å². The average Bonchev–Trinajstić information content (AvgIpc) is 3.46. The van der Waals surface area contributed by atoms with Gasteiger partial charge in [-0.3, -0.25) is 0 Å². The molecule has 1 fully saturated rings. The molecule has 0 aromatic heterocycles. The first-order valence-electron chi connectivity index (χ1n) is 12.4. The molecular formula is C29H30N2O4Si. The van der Waals surface area contributed by atoms with E-state index in [4.69, 9.17) is 4.74 Å². The molecule has 36 heavy (non-hydrogen) atoms. The number of esters is 1. The van der Waals surface area contributed by atoms with Crippen LogP contribution in [0.15, 0.2) is 54.6 Å². The zero-order valence-electron chi connectivity index (χ0n) is 21.1. The number of hydrogen-bond acceptors (Lipinski definition) is 5. The molecule has 6 nitrogen and oxygen atoms in total. The van der Waals surface area contributed by atoms with E-state index < -0.39 is 25.6 Å². The van der Waals surface area contributed by atoms with Crippen LogP contribution in [0.2, 0.25) is 12.1 Å². The summed E-state index contributed by atoms with van der Waals surface area (Å²) in [6.45, 7) is 0. The van der Waals surface area contributed by atoms with E-state index in [1.807, 2.05) is 28.2 Å². The molecule has 3 heterocycles. The fourth-order valence-electron chi connectivity index (χ4n) is 6.63. The summed E-state index contributed by atoms with van der Waals surface area (Å²) < 4.78 is 6.41. The molecule has 0 aliphatic carbocycles. The Labute approximate surface area is 212 Å². The molecule has 7 heteroatoms. The number of carbonyl (C=O) groups excluding carboxylic acids is 1. The number of benzene rings is 3. The van der Waals surface area contributed by atoms with E-state index in [1.54, 1.807) is 12.1 Å². The highest BCUT2D eigenvalue weighted by Gasteiger charge is 2.59. The number of hydrogen-bond donors (Lipinski definition) is 1. The quantitative estimate of drug-likeness (QED) is 0.439. The summed E-state index contributed by atoms with van der Waals surface area (Å²) in [7, 11) is 6.04. The number of nitrogens with zero attached hydrogens (tertiary/aromatic N) is 2. The third-order valence-electron chi connectivity index (χ3n) is 8.40. The number of rotatable bonds is 3. The van der Waals surface area contributed by atoms with E-state index in [0.29, 0.717) is 11.1 Å². The van der Waals surface area contributed by atoms with E-state index in [-0.39, 0.29) is 5.56 Å². The summed E-state index contributed by atoms with van der Waals surface area (Å²) in [5.74, 6) is -1.42. The van der Waals surface area contributed by atoms with Crippen molar-refractivity contribution in [3.05, 3.63) is 82.4 Å². The van der Waals surface area contributed by atoms with Crippen LogP contribution in [0.5, 0.6) is 0 Å². The van der Waals surface area contributed by atoms with Gasteiger partial charge >= 0.3 is 11.9 Å². The van der Waals surface area contributed by atoms with Crippen LogP contribution in [0.4, 0.5) is 11.4 Å². The van der Waals surface area contributed by atoms with Crippen molar-refractivity contribution in [1.29, 1.82) is 0 Å². The second-order valence-corrected chi connectivity index (χ2v) is 14.9. The topological polar surface area (TPSA) is 70.1 Å². The average molecular weight is 499 g/mol. The molecule has 184 valence electrons. The highest BCUT2D eigenvalue weighted by atomic mass is 28.3. The van der Waals surface area contributed by atoms with Gasteiger partial charge in [0.1, 0.15) is 8.07 Å².